The first-order valence-electron chi connectivity index (χ1n) is 9.24. The highest BCUT2D eigenvalue weighted by atomic mass is 32.2. The van der Waals surface area contributed by atoms with Gasteiger partial charge in [0, 0.05) is 11.6 Å². The zero-order chi connectivity index (χ0) is 22.5. The van der Waals surface area contributed by atoms with Gasteiger partial charge in [-0.15, -0.1) is 0 Å². The molecule has 0 saturated carbocycles. The summed E-state index contributed by atoms with van der Waals surface area (Å²) in [6.45, 7) is 5.10. The molecule has 0 spiro atoms. The van der Waals surface area contributed by atoms with Gasteiger partial charge in [0.1, 0.15) is 12.3 Å². The molecule has 0 aromatic heterocycles. The van der Waals surface area contributed by atoms with Crippen molar-refractivity contribution in [2.24, 2.45) is 0 Å². The standard InChI is InChI=1S/C21H27N3O5S/c1-21(2,3)23-20(26)17-11-6-7-12-18(17)22-19(25)14-24(30(5,27)28)15-9-8-10-16(13-15)29-4/h6-13H,14H2,1-5H3,(H,22,25)(H,23,26). The summed E-state index contributed by atoms with van der Waals surface area (Å²) in [7, 11) is -2.27. The molecule has 0 aliphatic heterocycles. The van der Waals surface area contributed by atoms with Crippen LogP contribution in [0.1, 0.15) is 31.1 Å². The van der Waals surface area contributed by atoms with Gasteiger partial charge in [0.15, 0.2) is 0 Å². The fourth-order valence-corrected chi connectivity index (χ4v) is 3.53. The zero-order valence-corrected chi connectivity index (χ0v) is 18.5. The average Bonchev–Trinajstić information content (AvgIpc) is 2.64. The Morgan fingerprint density at radius 3 is 2.33 bits per heavy atom. The number of sulfonamides is 1. The lowest BCUT2D eigenvalue weighted by molar-refractivity contribution is -0.114. The van der Waals surface area contributed by atoms with Crippen molar-refractivity contribution in [3.63, 3.8) is 0 Å². The molecule has 2 amide bonds. The molecule has 162 valence electrons. The lowest BCUT2D eigenvalue weighted by Crippen LogP contribution is -2.41. The summed E-state index contributed by atoms with van der Waals surface area (Å²) in [4.78, 5) is 25.2. The smallest absolute Gasteiger partial charge is 0.253 e. The maximum atomic E-state index is 12.7. The number of amides is 2. The molecule has 0 radical (unpaired) electrons. The first-order valence-corrected chi connectivity index (χ1v) is 11.1. The van der Waals surface area contributed by atoms with Crippen LogP contribution in [-0.2, 0) is 14.8 Å². The number of hydrogen-bond acceptors (Lipinski definition) is 5. The molecule has 2 rings (SSSR count). The van der Waals surface area contributed by atoms with Crippen molar-refractivity contribution in [1.29, 1.82) is 0 Å². The summed E-state index contributed by atoms with van der Waals surface area (Å²) in [6, 6.07) is 13.0. The molecule has 0 unspecified atom stereocenters. The van der Waals surface area contributed by atoms with Crippen LogP contribution < -0.4 is 19.7 Å². The number of carbonyl (C=O) groups excluding carboxylic acids is 2. The van der Waals surface area contributed by atoms with Gasteiger partial charge in [0.25, 0.3) is 5.91 Å². The predicted octanol–water partition coefficient (Wildman–Crippen LogP) is 2.63. The molecular formula is C21H27N3O5S. The minimum atomic E-state index is -3.74. The average molecular weight is 434 g/mol. The second-order valence-electron chi connectivity index (χ2n) is 7.77. The number of rotatable bonds is 7. The Morgan fingerprint density at radius 1 is 1.07 bits per heavy atom. The molecule has 0 atom stereocenters. The van der Waals surface area contributed by atoms with Crippen molar-refractivity contribution in [2.75, 3.05) is 29.5 Å². The van der Waals surface area contributed by atoms with E-state index in [0.29, 0.717) is 17.1 Å². The largest absolute Gasteiger partial charge is 0.497 e. The number of nitrogens with zero attached hydrogens (tertiary/aromatic N) is 1. The van der Waals surface area contributed by atoms with E-state index in [1.54, 1.807) is 42.5 Å². The number of hydrogen-bond donors (Lipinski definition) is 2. The number of benzene rings is 2. The molecule has 2 aromatic carbocycles. The van der Waals surface area contributed by atoms with Crippen LogP contribution in [0.3, 0.4) is 0 Å². The number of methoxy groups -OCH3 is 1. The lowest BCUT2D eigenvalue weighted by atomic mass is 10.1. The Kier molecular flexibility index (Phi) is 7.09. The molecule has 0 aliphatic carbocycles. The van der Waals surface area contributed by atoms with Gasteiger partial charge >= 0.3 is 0 Å². The van der Waals surface area contributed by atoms with Gasteiger partial charge in [-0.2, -0.15) is 0 Å². The van der Waals surface area contributed by atoms with Crippen LogP contribution in [-0.4, -0.2) is 45.7 Å². The fraction of sp³-hybridized carbons (Fsp3) is 0.333. The van der Waals surface area contributed by atoms with Crippen LogP contribution in [0.15, 0.2) is 48.5 Å². The summed E-state index contributed by atoms with van der Waals surface area (Å²) in [5.41, 5.74) is 0.426. The first kappa shape index (κ1) is 23.2. The van der Waals surface area contributed by atoms with E-state index in [2.05, 4.69) is 10.6 Å². The Bertz CT molecular complexity index is 1030. The molecule has 0 heterocycles. The summed E-state index contributed by atoms with van der Waals surface area (Å²) >= 11 is 0. The van der Waals surface area contributed by atoms with E-state index in [9.17, 15) is 18.0 Å². The van der Waals surface area contributed by atoms with E-state index in [1.165, 1.54) is 13.2 Å². The summed E-state index contributed by atoms with van der Waals surface area (Å²) in [5.74, 6) is -0.462. The number of ether oxygens (including phenoxy) is 1. The highest BCUT2D eigenvalue weighted by Gasteiger charge is 2.23. The van der Waals surface area contributed by atoms with E-state index in [4.69, 9.17) is 4.74 Å². The number of carbonyl (C=O) groups is 2. The molecule has 0 aliphatic rings. The van der Waals surface area contributed by atoms with Gasteiger partial charge in [-0.1, -0.05) is 18.2 Å². The van der Waals surface area contributed by atoms with Crippen LogP contribution in [0.2, 0.25) is 0 Å². The van der Waals surface area contributed by atoms with Gasteiger partial charge in [-0.3, -0.25) is 13.9 Å². The van der Waals surface area contributed by atoms with Crippen LogP contribution in [0.5, 0.6) is 5.75 Å². The second-order valence-corrected chi connectivity index (χ2v) is 9.68. The molecule has 2 N–H and O–H groups in total. The van der Waals surface area contributed by atoms with Crippen molar-refractivity contribution >= 4 is 33.2 Å². The Labute approximate surface area is 177 Å². The monoisotopic (exact) mass is 433 g/mol. The zero-order valence-electron chi connectivity index (χ0n) is 17.7. The normalized spacial score (nSPS) is 11.5. The number of nitrogens with one attached hydrogen (secondary N) is 2. The topological polar surface area (TPSA) is 105 Å². The lowest BCUT2D eigenvalue weighted by Gasteiger charge is -2.23. The van der Waals surface area contributed by atoms with E-state index in [1.807, 2.05) is 20.8 Å². The SMILES string of the molecule is COc1cccc(N(CC(=O)Nc2ccccc2C(=O)NC(C)(C)C)S(C)(=O)=O)c1. The number of para-hydroxylation sites is 1. The van der Waals surface area contributed by atoms with Crippen molar-refractivity contribution < 1.29 is 22.7 Å². The molecule has 0 bridgehead atoms. The molecular weight excluding hydrogens is 406 g/mol. The fourth-order valence-electron chi connectivity index (χ4n) is 2.68. The molecule has 0 fully saturated rings. The van der Waals surface area contributed by atoms with E-state index < -0.39 is 28.0 Å². The van der Waals surface area contributed by atoms with E-state index >= 15 is 0 Å². The maximum Gasteiger partial charge on any atom is 0.253 e. The summed E-state index contributed by atoms with van der Waals surface area (Å²) < 4.78 is 30.7. The van der Waals surface area contributed by atoms with Crippen LogP contribution in [0.25, 0.3) is 0 Å². The van der Waals surface area contributed by atoms with Gasteiger partial charge < -0.3 is 15.4 Å². The third-order valence-electron chi connectivity index (χ3n) is 3.96. The summed E-state index contributed by atoms with van der Waals surface area (Å²) in [5, 5.41) is 5.48. The van der Waals surface area contributed by atoms with Gasteiger partial charge in [0.05, 0.1) is 30.3 Å². The predicted molar refractivity (Wildman–Crippen MR) is 117 cm³/mol. The van der Waals surface area contributed by atoms with E-state index in [0.717, 1.165) is 10.6 Å². The Hall–Kier alpha value is -3.07. The summed E-state index contributed by atoms with van der Waals surface area (Å²) in [6.07, 6.45) is 1.02. The van der Waals surface area contributed by atoms with Crippen LogP contribution >= 0.6 is 0 Å². The van der Waals surface area contributed by atoms with E-state index in [-0.39, 0.29) is 11.5 Å². The molecule has 8 nitrogen and oxygen atoms in total. The van der Waals surface area contributed by atoms with Crippen molar-refractivity contribution in [3.05, 3.63) is 54.1 Å². The highest BCUT2D eigenvalue weighted by Crippen LogP contribution is 2.23. The molecule has 2 aromatic rings. The van der Waals surface area contributed by atoms with Gasteiger partial charge in [0.2, 0.25) is 15.9 Å². The van der Waals surface area contributed by atoms with Crippen molar-refractivity contribution in [2.45, 2.75) is 26.3 Å². The molecule has 30 heavy (non-hydrogen) atoms. The molecule has 0 saturated heterocycles. The van der Waals surface area contributed by atoms with Gasteiger partial charge in [-0.05, 0) is 45.0 Å². The third kappa shape index (κ3) is 6.48. The van der Waals surface area contributed by atoms with Crippen LogP contribution in [0.4, 0.5) is 11.4 Å². The Balaban J connectivity index is 2.26. The minimum Gasteiger partial charge on any atom is -0.497 e. The van der Waals surface area contributed by atoms with Gasteiger partial charge in [-0.25, -0.2) is 8.42 Å². The minimum absolute atomic E-state index is 0.285. The van der Waals surface area contributed by atoms with Crippen molar-refractivity contribution in [1.82, 2.24) is 5.32 Å². The first-order chi connectivity index (χ1) is 13.9. The van der Waals surface area contributed by atoms with Crippen molar-refractivity contribution in [3.8, 4) is 5.75 Å². The molecule has 9 heteroatoms. The van der Waals surface area contributed by atoms with Crippen LogP contribution in [0, 0.1) is 0 Å². The quantitative estimate of drug-likeness (QED) is 0.698. The maximum absolute atomic E-state index is 12.7. The third-order valence-corrected chi connectivity index (χ3v) is 5.10. The number of anilines is 2. The highest BCUT2D eigenvalue weighted by molar-refractivity contribution is 7.92. The second kappa shape index (κ2) is 9.17. The Morgan fingerprint density at radius 2 is 1.73 bits per heavy atom.